The maximum atomic E-state index is 11.6. The molecular weight excluding hydrogens is 294 g/mol. The van der Waals surface area contributed by atoms with Gasteiger partial charge in [-0.2, -0.15) is 5.10 Å². The summed E-state index contributed by atoms with van der Waals surface area (Å²) in [5, 5.41) is 15.8. The Morgan fingerprint density at radius 3 is 2.57 bits per heavy atom. The van der Waals surface area contributed by atoms with Crippen molar-refractivity contribution in [2.45, 2.75) is 32.1 Å². The fourth-order valence-electron chi connectivity index (χ4n) is 2.20. The molecule has 0 spiro atoms. The molecule has 6 heteroatoms. The van der Waals surface area contributed by atoms with Crippen LogP contribution in [-0.4, -0.2) is 33.3 Å². The second-order valence-electron chi connectivity index (χ2n) is 5.29. The molecular formula is C17H21N3O3. The highest BCUT2D eigenvalue weighted by Crippen LogP contribution is 2.07. The summed E-state index contributed by atoms with van der Waals surface area (Å²) in [7, 11) is 0. The molecule has 0 aliphatic carbocycles. The number of rotatable bonds is 9. The fourth-order valence-corrected chi connectivity index (χ4v) is 2.20. The van der Waals surface area contributed by atoms with E-state index in [1.54, 1.807) is 0 Å². The van der Waals surface area contributed by atoms with Gasteiger partial charge in [-0.15, -0.1) is 0 Å². The summed E-state index contributed by atoms with van der Waals surface area (Å²) >= 11 is 0. The number of aromatic nitrogens is 2. The summed E-state index contributed by atoms with van der Waals surface area (Å²) in [6.07, 6.45) is 4.18. The molecule has 0 aliphatic heterocycles. The average molecular weight is 315 g/mol. The molecule has 23 heavy (non-hydrogen) atoms. The number of carboxylic acid groups (broad SMARTS) is 1. The molecule has 1 heterocycles. The van der Waals surface area contributed by atoms with Crippen molar-refractivity contribution >= 4 is 11.9 Å². The number of carbonyl (C=O) groups excluding carboxylic acids is 1. The molecule has 0 atom stereocenters. The molecule has 0 unspecified atom stereocenters. The molecule has 0 saturated carbocycles. The van der Waals surface area contributed by atoms with Crippen molar-refractivity contribution in [3.63, 3.8) is 0 Å². The van der Waals surface area contributed by atoms with E-state index in [-0.39, 0.29) is 12.3 Å². The van der Waals surface area contributed by atoms with E-state index >= 15 is 0 Å². The Morgan fingerprint density at radius 1 is 1.09 bits per heavy atom. The van der Waals surface area contributed by atoms with Gasteiger partial charge in [0.15, 0.2) is 0 Å². The molecule has 122 valence electrons. The van der Waals surface area contributed by atoms with E-state index in [1.165, 1.54) is 0 Å². The van der Waals surface area contributed by atoms with Gasteiger partial charge in [0.25, 0.3) is 0 Å². The number of hydrogen-bond acceptors (Lipinski definition) is 3. The highest BCUT2D eigenvalue weighted by atomic mass is 16.4. The van der Waals surface area contributed by atoms with Crippen LogP contribution in [0.1, 0.15) is 31.4 Å². The second-order valence-corrected chi connectivity index (χ2v) is 5.29. The Kier molecular flexibility index (Phi) is 6.35. The predicted molar refractivity (Wildman–Crippen MR) is 86.4 cm³/mol. The minimum absolute atomic E-state index is 0.0436. The molecule has 0 aliphatic rings. The molecule has 0 radical (unpaired) electrons. The summed E-state index contributed by atoms with van der Waals surface area (Å²) in [4.78, 5) is 22.0. The Balaban J connectivity index is 1.67. The maximum Gasteiger partial charge on any atom is 0.303 e. The lowest BCUT2D eigenvalue weighted by Gasteiger charge is -2.04. The van der Waals surface area contributed by atoms with Gasteiger partial charge in [-0.3, -0.25) is 9.59 Å². The van der Waals surface area contributed by atoms with Gasteiger partial charge in [-0.25, -0.2) is 4.68 Å². The normalized spacial score (nSPS) is 10.4. The van der Waals surface area contributed by atoms with Crippen LogP contribution in [0.25, 0.3) is 5.69 Å². The predicted octanol–water partition coefficient (Wildman–Crippen LogP) is 2.18. The lowest BCUT2D eigenvalue weighted by molar-refractivity contribution is -0.137. The maximum absolute atomic E-state index is 11.6. The first-order chi connectivity index (χ1) is 11.1. The Labute approximate surface area is 135 Å². The molecule has 0 fully saturated rings. The highest BCUT2D eigenvalue weighted by Gasteiger charge is 2.04. The first-order valence-corrected chi connectivity index (χ1v) is 7.73. The van der Waals surface area contributed by atoms with Gasteiger partial charge in [-0.1, -0.05) is 18.2 Å². The van der Waals surface area contributed by atoms with Crippen molar-refractivity contribution in [3.05, 3.63) is 48.3 Å². The quantitative estimate of drug-likeness (QED) is 0.695. The molecule has 2 aromatic rings. The van der Waals surface area contributed by atoms with Crippen LogP contribution in [0.2, 0.25) is 0 Å². The SMILES string of the molecule is O=C(O)CCCCC(=O)NCCc1ccn(-c2ccccc2)n1. The van der Waals surface area contributed by atoms with Crippen molar-refractivity contribution in [2.24, 2.45) is 0 Å². The summed E-state index contributed by atoms with van der Waals surface area (Å²) in [6, 6.07) is 11.8. The third kappa shape index (κ3) is 5.94. The van der Waals surface area contributed by atoms with Crippen LogP contribution in [0.4, 0.5) is 0 Å². The van der Waals surface area contributed by atoms with Crippen LogP contribution in [-0.2, 0) is 16.0 Å². The van der Waals surface area contributed by atoms with Crippen molar-refractivity contribution in [3.8, 4) is 5.69 Å². The first-order valence-electron chi connectivity index (χ1n) is 7.73. The third-order valence-electron chi connectivity index (χ3n) is 3.41. The number of para-hydroxylation sites is 1. The zero-order valence-electron chi connectivity index (χ0n) is 12.9. The van der Waals surface area contributed by atoms with Crippen LogP contribution in [0, 0.1) is 0 Å². The summed E-state index contributed by atoms with van der Waals surface area (Å²) in [6.45, 7) is 0.531. The Hall–Kier alpha value is -2.63. The van der Waals surface area contributed by atoms with Crippen LogP contribution >= 0.6 is 0 Å². The van der Waals surface area contributed by atoms with Crippen LogP contribution in [0.15, 0.2) is 42.6 Å². The first kappa shape index (κ1) is 16.7. The number of amides is 1. The van der Waals surface area contributed by atoms with Crippen LogP contribution in [0.5, 0.6) is 0 Å². The number of carboxylic acids is 1. The number of nitrogens with zero attached hydrogens (tertiary/aromatic N) is 2. The van der Waals surface area contributed by atoms with Gasteiger partial charge in [0.1, 0.15) is 0 Å². The molecule has 6 nitrogen and oxygen atoms in total. The number of benzene rings is 1. The Morgan fingerprint density at radius 2 is 1.83 bits per heavy atom. The van der Waals surface area contributed by atoms with Crippen molar-refractivity contribution in [1.82, 2.24) is 15.1 Å². The fraction of sp³-hybridized carbons (Fsp3) is 0.353. The van der Waals surface area contributed by atoms with E-state index in [1.807, 2.05) is 47.3 Å². The molecule has 0 saturated heterocycles. The number of aliphatic carboxylic acids is 1. The second kappa shape index (κ2) is 8.73. The Bertz CT molecular complexity index is 638. The summed E-state index contributed by atoms with van der Waals surface area (Å²) < 4.78 is 1.81. The zero-order valence-corrected chi connectivity index (χ0v) is 12.9. The van der Waals surface area contributed by atoms with E-state index < -0.39 is 5.97 Å². The molecule has 0 bridgehead atoms. The lowest BCUT2D eigenvalue weighted by Crippen LogP contribution is -2.25. The van der Waals surface area contributed by atoms with E-state index in [2.05, 4.69) is 10.4 Å². The van der Waals surface area contributed by atoms with Crippen molar-refractivity contribution in [2.75, 3.05) is 6.54 Å². The minimum atomic E-state index is -0.820. The zero-order chi connectivity index (χ0) is 16.5. The van der Waals surface area contributed by atoms with Gasteiger partial charge in [0.05, 0.1) is 11.4 Å². The molecule has 2 N–H and O–H groups in total. The number of hydrogen-bond donors (Lipinski definition) is 2. The molecule has 1 aromatic heterocycles. The van der Waals surface area contributed by atoms with Crippen LogP contribution in [0.3, 0.4) is 0 Å². The van der Waals surface area contributed by atoms with E-state index in [9.17, 15) is 9.59 Å². The monoisotopic (exact) mass is 315 g/mol. The average Bonchev–Trinajstić information content (AvgIpc) is 3.01. The topological polar surface area (TPSA) is 84.2 Å². The van der Waals surface area contributed by atoms with Gasteiger partial charge in [-0.05, 0) is 31.0 Å². The smallest absolute Gasteiger partial charge is 0.303 e. The minimum Gasteiger partial charge on any atom is -0.481 e. The standard InChI is InChI=1S/C17H21N3O3/c21-16(8-4-5-9-17(22)23)18-12-10-14-11-13-20(19-14)15-6-2-1-3-7-15/h1-3,6-7,11,13H,4-5,8-10,12H2,(H,18,21)(H,22,23). The molecule has 2 rings (SSSR count). The lowest BCUT2D eigenvalue weighted by atomic mass is 10.2. The number of nitrogens with one attached hydrogen (secondary N) is 1. The highest BCUT2D eigenvalue weighted by molar-refractivity contribution is 5.75. The van der Waals surface area contributed by atoms with E-state index in [4.69, 9.17) is 5.11 Å². The largest absolute Gasteiger partial charge is 0.481 e. The van der Waals surface area contributed by atoms with Gasteiger partial charge in [0, 0.05) is 32.0 Å². The number of unbranched alkanes of at least 4 members (excludes halogenated alkanes) is 1. The van der Waals surface area contributed by atoms with Gasteiger partial charge < -0.3 is 10.4 Å². The van der Waals surface area contributed by atoms with Gasteiger partial charge in [0.2, 0.25) is 5.91 Å². The van der Waals surface area contributed by atoms with Crippen molar-refractivity contribution < 1.29 is 14.7 Å². The van der Waals surface area contributed by atoms with Crippen molar-refractivity contribution in [1.29, 1.82) is 0 Å². The van der Waals surface area contributed by atoms with Crippen LogP contribution < -0.4 is 5.32 Å². The molecule has 1 aromatic carbocycles. The number of carbonyl (C=O) groups is 2. The summed E-state index contributed by atoms with van der Waals surface area (Å²) in [5.74, 6) is -0.864. The third-order valence-corrected chi connectivity index (χ3v) is 3.41. The van der Waals surface area contributed by atoms with Gasteiger partial charge >= 0.3 is 5.97 Å². The summed E-state index contributed by atoms with van der Waals surface area (Å²) in [5.41, 5.74) is 1.92. The molecule has 1 amide bonds. The van der Waals surface area contributed by atoms with E-state index in [0.717, 1.165) is 11.4 Å². The van der Waals surface area contributed by atoms with E-state index in [0.29, 0.717) is 32.2 Å².